The standard InChI is InChI=1S/C23H21N3O4/c1-29-20-11-6-10-19(14-20)25-22(27)23(28)26-24-15-18-9-5-12-21(13-18)30-16-17-7-3-2-4-8-17/h2-15H,16H2,1H3,(H,25,27)(H,26,28)/b24-15-. The zero-order valence-electron chi connectivity index (χ0n) is 16.4. The van der Waals surface area contributed by atoms with E-state index in [2.05, 4.69) is 15.8 Å². The summed E-state index contributed by atoms with van der Waals surface area (Å²) in [6.45, 7) is 0.447. The van der Waals surface area contributed by atoms with Crippen LogP contribution in [0.2, 0.25) is 0 Å². The maximum atomic E-state index is 12.0. The van der Waals surface area contributed by atoms with Gasteiger partial charge in [-0.05, 0) is 35.4 Å². The molecule has 0 bridgehead atoms. The molecule has 152 valence electrons. The number of carbonyl (C=O) groups excluding carboxylic acids is 2. The Bertz CT molecular complexity index is 1040. The van der Waals surface area contributed by atoms with Crippen LogP contribution in [0.3, 0.4) is 0 Å². The quantitative estimate of drug-likeness (QED) is 0.360. The molecule has 2 N–H and O–H groups in total. The van der Waals surface area contributed by atoms with Crippen LogP contribution in [-0.2, 0) is 16.2 Å². The lowest BCUT2D eigenvalue weighted by atomic mass is 10.2. The van der Waals surface area contributed by atoms with E-state index in [0.717, 1.165) is 5.56 Å². The summed E-state index contributed by atoms with van der Waals surface area (Å²) in [6.07, 6.45) is 1.44. The summed E-state index contributed by atoms with van der Waals surface area (Å²) >= 11 is 0. The minimum atomic E-state index is -0.884. The van der Waals surface area contributed by atoms with Crippen molar-refractivity contribution in [3.05, 3.63) is 90.0 Å². The van der Waals surface area contributed by atoms with Gasteiger partial charge in [0.05, 0.1) is 13.3 Å². The molecule has 3 aromatic rings. The van der Waals surface area contributed by atoms with Gasteiger partial charge in [-0.15, -0.1) is 0 Å². The maximum absolute atomic E-state index is 12.0. The number of anilines is 1. The Morgan fingerprint density at radius 2 is 1.67 bits per heavy atom. The van der Waals surface area contributed by atoms with Crippen molar-refractivity contribution in [3.63, 3.8) is 0 Å². The minimum Gasteiger partial charge on any atom is -0.497 e. The molecule has 7 nitrogen and oxygen atoms in total. The first-order valence-electron chi connectivity index (χ1n) is 9.19. The number of rotatable bonds is 7. The Morgan fingerprint density at radius 1 is 0.900 bits per heavy atom. The fourth-order valence-electron chi connectivity index (χ4n) is 2.53. The third-order valence-electron chi connectivity index (χ3n) is 4.02. The van der Waals surface area contributed by atoms with Crippen LogP contribution in [-0.4, -0.2) is 25.1 Å². The van der Waals surface area contributed by atoms with Crippen molar-refractivity contribution >= 4 is 23.7 Å². The highest BCUT2D eigenvalue weighted by Gasteiger charge is 2.13. The van der Waals surface area contributed by atoms with Crippen LogP contribution in [0.15, 0.2) is 84.0 Å². The van der Waals surface area contributed by atoms with Crippen LogP contribution in [0.5, 0.6) is 11.5 Å². The van der Waals surface area contributed by atoms with E-state index < -0.39 is 11.8 Å². The van der Waals surface area contributed by atoms with Crippen molar-refractivity contribution in [2.24, 2.45) is 5.10 Å². The molecule has 0 aliphatic rings. The number of methoxy groups -OCH3 is 1. The third kappa shape index (κ3) is 6.20. The summed E-state index contributed by atoms with van der Waals surface area (Å²) in [5, 5.41) is 6.31. The normalized spacial score (nSPS) is 10.4. The first-order valence-corrected chi connectivity index (χ1v) is 9.19. The van der Waals surface area contributed by atoms with E-state index in [1.165, 1.54) is 13.3 Å². The molecule has 3 aromatic carbocycles. The van der Waals surface area contributed by atoms with Crippen LogP contribution in [0.25, 0.3) is 0 Å². The second-order valence-electron chi connectivity index (χ2n) is 6.23. The predicted molar refractivity (Wildman–Crippen MR) is 115 cm³/mol. The van der Waals surface area contributed by atoms with Crippen LogP contribution in [0.1, 0.15) is 11.1 Å². The van der Waals surface area contributed by atoms with Gasteiger partial charge in [-0.1, -0.05) is 48.5 Å². The molecule has 0 aliphatic heterocycles. The number of amides is 2. The highest BCUT2D eigenvalue weighted by molar-refractivity contribution is 6.39. The zero-order chi connectivity index (χ0) is 21.2. The molecule has 0 saturated heterocycles. The summed E-state index contributed by atoms with van der Waals surface area (Å²) in [6, 6.07) is 23.8. The highest BCUT2D eigenvalue weighted by Crippen LogP contribution is 2.16. The summed E-state index contributed by atoms with van der Waals surface area (Å²) in [7, 11) is 1.52. The Labute approximate surface area is 174 Å². The van der Waals surface area contributed by atoms with E-state index in [1.807, 2.05) is 42.5 Å². The van der Waals surface area contributed by atoms with E-state index in [-0.39, 0.29) is 0 Å². The Morgan fingerprint density at radius 3 is 2.47 bits per heavy atom. The van der Waals surface area contributed by atoms with Gasteiger partial charge in [0.15, 0.2) is 0 Å². The Balaban J connectivity index is 1.51. The average Bonchev–Trinajstić information content (AvgIpc) is 2.78. The molecule has 0 spiro atoms. The van der Waals surface area contributed by atoms with Crippen LogP contribution in [0.4, 0.5) is 5.69 Å². The first-order chi connectivity index (χ1) is 14.6. The number of nitrogens with zero attached hydrogens (tertiary/aromatic N) is 1. The predicted octanol–water partition coefficient (Wildman–Crippen LogP) is 3.36. The van der Waals surface area contributed by atoms with E-state index in [0.29, 0.717) is 29.4 Å². The van der Waals surface area contributed by atoms with E-state index in [1.54, 1.807) is 36.4 Å². The van der Waals surface area contributed by atoms with Crippen LogP contribution in [0, 0.1) is 0 Å². The molecule has 0 atom stereocenters. The molecular formula is C23H21N3O4. The van der Waals surface area contributed by atoms with E-state index >= 15 is 0 Å². The number of carbonyl (C=O) groups is 2. The Kier molecular flexibility index (Phi) is 7.16. The second-order valence-corrected chi connectivity index (χ2v) is 6.23. The summed E-state index contributed by atoms with van der Waals surface area (Å²) in [5.41, 5.74) is 4.43. The first kappa shape index (κ1) is 20.6. The largest absolute Gasteiger partial charge is 0.497 e. The summed E-state index contributed by atoms with van der Waals surface area (Å²) in [4.78, 5) is 23.9. The van der Waals surface area contributed by atoms with Crippen molar-refractivity contribution < 1.29 is 19.1 Å². The average molecular weight is 403 g/mol. The third-order valence-corrected chi connectivity index (χ3v) is 4.02. The van der Waals surface area contributed by atoms with Gasteiger partial charge in [-0.25, -0.2) is 5.43 Å². The SMILES string of the molecule is COc1cccc(NC(=O)C(=O)N/N=C\c2cccc(OCc3ccccc3)c2)c1. The number of hydrazone groups is 1. The smallest absolute Gasteiger partial charge is 0.329 e. The zero-order valence-corrected chi connectivity index (χ0v) is 16.4. The van der Waals surface area contributed by atoms with Gasteiger partial charge in [-0.2, -0.15) is 5.10 Å². The fraction of sp³-hybridized carbons (Fsp3) is 0.0870. The van der Waals surface area contributed by atoms with E-state index in [4.69, 9.17) is 9.47 Å². The molecule has 30 heavy (non-hydrogen) atoms. The minimum absolute atomic E-state index is 0.446. The molecule has 7 heteroatoms. The molecule has 0 aliphatic carbocycles. The van der Waals surface area contributed by atoms with Gasteiger partial charge in [-0.3, -0.25) is 9.59 Å². The second kappa shape index (κ2) is 10.4. The van der Waals surface area contributed by atoms with Gasteiger partial charge in [0.2, 0.25) is 0 Å². The topological polar surface area (TPSA) is 89.0 Å². The van der Waals surface area contributed by atoms with Gasteiger partial charge in [0, 0.05) is 11.8 Å². The number of ether oxygens (including phenoxy) is 2. The van der Waals surface area contributed by atoms with Crippen molar-refractivity contribution in [3.8, 4) is 11.5 Å². The molecule has 0 aromatic heterocycles. The molecule has 0 saturated carbocycles. The lowest BCUT2D eigenvalue weighted by molar-refractivity contribution is -0.136. The van der Waals surface area contributed by atoms with E-state index in [9.17, 15) is 9.59 Å². The molecule has 0 fully saturated rings. The lowest BCUT2D eigenvalue weighted by Crippen LogP contribution is -2.32. The van der Waals surface area contributed by atoms with Crippen molar-refractivity contribution in [1.82, 2.24) is 5.43 Å². The molecule has 0 radical (unpaired) electrons. The van der Waals surface area contributed by atoms with Gasteiger partial charge < -0.3 is 14.8 Å². The monoisotopic (exact) mass is 403 g/mol. The van der Waals surface area contributed by atoms with Crippen molar-refractivity contribution in [2.45, 2.75) is 6.61 Å². The molecule has 2 amide bonds. The fourth-order valence-corrected chi connectivity index (χ4v) is 2.53. The van der Waals surface area contributed by atoms with Gasteiger partial charge in [0.1, 0.15) is 18.1 Å². The lowest BCUT2D eigenvalue weighted by Gasteiger charge is -2.07. The molecular weight excluding hydrogens is 382 g/mol. The van der Waals surface area contributed by atoms with Gasteiger partial charge in [0.25, 0.3) is 0 Å². The van der Waals surface area contributed by atoms with Crippen molar-refractivity contribution in [2.75, 3.05) is 12.4 Å². The number of hydrogen-bond donors (Lipinski definition) is 2. The molecule has 0 unspecified atom stereocenters. The number of benzene rings is 3. The van der Waals surface area contributed by atoms with Crippen molar-refractivity contribution in [1.29, 1.82) is 0 Å². The van der Waals surface area contributed by atoms with Gasteiger partial charge >= 0.3 is 11.8 Å². The Hall–Kier alpha value is -4.13. The maximum Gasteiger partial charge on any atom is 0.329 e. The highest BCUT2D eigenvalue weighted by atomic mass is 16.5. The van der Waals surface area contributed by atoms with Crippen LogP contribution >= 0.6 is 0 Å². The number of nitrogens with one attached hydrogen (secondary N) is 2. The summed E-state index contributed by atoms with van der Waals surface area (Å²) in [5.74, 6) is -0.476. The summed E-state index contributed by atoms with van der Waals surface area (Å²) < 4.78 is 10.8. The van der Waals surface area contributed by atoms with Crippen LogP contribution < -0.4 is 20.2 Å². The molecule has 3 rings (SSSR count). The number of hydrogen-bond acceptors (Lipinski definition) is 5. The molecule has 0 heterocycles.